The summed E-state index contributed by atoms with van der Waals surface area (Å²) in [5, 5.41) is 18.8. The lowest BCUT2D eigenvalue weighted by Crippen LogP contribution is -2.41. The minimum absolute atomic E-state index is 0.00574. The van der Waals surface area contributed by atoms with Crippen molar-refractivity contribution in [3.8, 4) is 23.1 Å². The van der Waals surface area contributed by atoms with E-state index in [1.54, 1.807) is 36.4 Å². The monoisotopic (exact) mass is 445 g/mol. The van der Waals surface area contributed by atoms with Gasteiger partial charge < -0.3 is 14.7 Å². The second-order valence-corrected chi connectivity index (χ2v) is 7.93. The van der Waals surface area contributed by atoms with Crippen LogP contribution in [0.4, 0.5) is 4.39 Å². The zero-order chi connectivity index (χ0) is 23.4. The van der Waals surface area contributed by atoms with Crippen molar-refractivity contribution in [3.05, 3.63) is 83.8 Å². The highest BCUT2D eigenvalue weighted by molar-refractivity contribution is 5.95. The fourth-order valence-electron chi connectivity index (χ4n) is 3.75. The van der Waals surface area contributed by atoms with Gasteiger partial charge in [0.1, 0.15) is 29.7 Å². The van der Waals surface area contributed by atoms with E-state index in [0.29, 0.717) is 22.6 Å². The van der Waals surface area contributed by atoms with E-state index in [2.05, 4.69) is 4.98 Å². The topological polar surface area (TPSA) is 104 Å². The van der Waals surface area contributed by atoms with Crippen LogP contribution in [0.1, 0.15) is 22.3 Å². The molecule has 0 aliphatic carbocycles. The van der Waals surface area contributed by atoms with Gasteiger partial charge in [-0.2, -0.15) is 5.26 Å². The molecule has 33 heavy (non-hydrogen) atoms. The number of nitrogens with zero attached hydrogens (tertiary/aromatic N) is 3. The molecule has 1 N–H and O–H groups in total. The Labute approximate surface area is 189 Å². The van der Waals surface area contributed by atoms with Crippen molar-refractivity contribution in [2.45, 2.75) is 6.42 Å². The van der Waals surface area contributed by atoms with Crippen LogP contribution in [-0.4, -0.2) is 46.6 Å². The third-order valence-electron chi connectivity index (χ3n) is 5.74. The average Bonchev–Trinajstić information content (AvgIpc) is 3.29. The molecule has 0 radical (unpaired) electrons. The highest BCUT2D eigenvalue weighted by atomic mass is 19.1. The molecule has 1 saturated heterocycles. The zero-order valence-electron chi connectivity index (χ0n) is 17.6. The second-order valence-electron chi connectivity index (χ2n) is 7.93. The molecule has 0 bridgehead atoms. The van der Waals surface area contributed by atoms with Gasteiger partial charge in [-0.05, 0) is 67.1 Å². The van der Waals surface area contributed by atoms with Crippen molar-refractivity contribution in [2.24, 2.45) is 5.41 Å². The lowest BCUT2D eigenvalue weighted by atomic mass is 9.88. The van der Waals surface area contributed by atoms with Crippen LogP contribution in [0, 0.1) is 22.6 Å². The van der Waals surface area contributed by atoms with Crippen molar-refractivity contribution < 1.29 is 23.8 Å². The average molecular weight is 445 g/mol. The van der Waals surface area contributed by atoms with Crippen LogP contribution in [0.3, 0.4) is 0 Å². The van der Waals surface area contributed by atoms with Crippen molar-refractivity contribution in [2.75, 3.05) is 19.7 Å². The maximum atomic E-state index is 13.1. The molecule has 1 unspecified atom stereocenters. The number of ether oxygens (including phenoxy) is 1. The smallest absolute Gasteiger partial charge is 0.315 e. The van der Waals surface area contributed by atoms with Crippen LogP contribution in [0.5, 0.6) is 5.75 Å². The number of carboxylic acids is 1. The molecular weight excluding hydrogens is 425 g/mol. The SMILES string of the molecule is N#Cc1ccc(-c2ccc(OCC3(C(=O)O)CCN(C(=O)c4ccc(F)cc4)C3)cc2)nc1. The Hall–Kier alpha value is -4.25. The first kappa shape index (κ1) is 22.0. The van der Waals surface area contributed by atoms with Gasteiger partial charge in [0.15, 0.2) is 0 Å². The largest absolute Gasteiger partial charge is 0.492 e. The third-order valence-corrected chi connectivity index (χ3v) is 5.74. The third kappa shape index (κ3) is 4.67. The Balaban J connectivity index is 1.42. The number of pyridine rings is 1. The number of hydrogen-bond donors (Lipinski definition) is 1. The lowest BCUT2D eigenvalue weighted by molar-refractivity contribution is -0.149. The molecule has 1 aliphatic heterocycles. The summed E-state index contributed by atoms with van der Waals surface area (Å²) in [5.41, 5.74) is 1.08. The number of likely N-dealkylation sites (tertiary alicyclic amines) is 1. The van der Waals surface area contributed by atoms with E-state index in [-0.39, 0.29) is 32.0 Å². The van der Waals surface area contributed by atoms with Crippen molar-refractivity contribution in [1.82, 2.24) is 9.88 Å². The van der Waals surface area contributed by atoms with Gasteiger partial charge in [-0.25, -0.2) is 4.39 Å². The second kappa shape index (κ2) is 9.09. The van der Waals surface area contributed by atoms with Gasteiger partial charge in [-0.1, -0.05) is 0 Å². The van der Waals surface area contributed by atoms with E-state index in [9.17, 15) is 19.1 Å². The highest BCUT2D eigenvalue weighted by Crippen LogP contribution is 2.33. The lowest BCUT2D eigenvalue weighted by Gasteiger charge is -2.25. The number of aliphatic carboxylic acids is 1. The maximum Gasteiger partial charge on any atom is 0.315 e. The van der Waals surface area contributed by atoms with Crippen molar-refractivity contribution >= 4 is 11.9 Å². The van der Waals surface area contributed by atoms with Gasteiger partial charge in [0.05, 0.1) is 11.3 Å². The molecule has 7 nitrogen and oxygen atoms in total. The molecule has 0 spiro atoms. The van der Waals surface area contributed by atoms with E-state index in [1.807, 2.05) is 6.07 Å². The molecule has 4 rings (SSSR count). The van der Waals surface area contributed by atoms with Crippen LogP contribution < -0.4 is 4.74 Å². The number of carboxylic acid groups (broad SMARTS) is 1. The van der Waals surface area contributed by atoms with E-state index < -0.39 is 17.2 Å². The summed E-state index contributed by atoms with van der Waals surface area (Å²) in [5.74, 6) is -1.31. The molecule has 8 heteroatoms. The molecular formula is C25H20FN3O4. The highest BCUT2D eigenvalue weighted by Gasteiger charge is 2.47. The number of amides is 1. The summed E-state index contributed by atoms with van der Waals surface area (Å²) in [6.45, 7) is 0.185. The van der Waals surface area contributed by atoms with Crippen molar-refractivity contribution in [1.29, 1.82) is 5.26 Å². The normalized spacial score (nSPS) is 17.4. The van der Waals surface area contributed by atoms with Crippen molar-refractivity contribution in [3.63, 3.8) is 0 Å². The van der Waals surface area contributed by atoms with Gasteiger partial charge >= 0.3 is 5.97 Å². The minimum atomic E-state index is -1.23. The summed E-state index contributed by atoms with van der Waals surface area (Å²) in [4.78, 5) is 30.5. The number of aromatic nitrogens is 1. The predicted molar refractivity (Wildman–Crippen MR) is 117 cm³/mol. The summed E-state index contributed by atoms with van der Waals surface area (Å²) in [7, 11) is 0. The fourth-order valence-corrected chi connectivity index (χ4v) is 3.75. The van der Waals surface area contributed by atoms with Gasteiger partial charge in [0, 0.05) is 30.4 Å². The molecule has 1 aliphatic rings. The number of halogens is 1. The first-order chi connectivity index (χ1) is 15.9. The van der Waals surface area contributed by atoms with Crippen LogP contribution in [-0.2, 0) is 4.79 Å². The summed E-state index contributed by atoms with van der Waals surface area (Å²) in [6.07, 6.45) is 1.75. The molecule has 0 saturated carbocycles. The van der Waals surface area contributed by atoms with Gasteiger partial charge in [0.25, 0.3) is 5.91 Å². The molecule has 1 atom stereocenters. The molecule has 1 amide bonds. The summed E-state index contributed by atoms with van der Waals surface area (Å²) in [6, 6.07) is 17.7. The molecule has 1 aromatic heterocycles. The Morgan fingerprint density at radius 3 is 2.45 bits per heavy atom. The summed E-state index contributed by atoms with van der Waals surface area (Å²) >= 11 is 0. The molecule has 166 valence electrons. The van der Waals surface area contributed by atoms with Gasteiger partial charge in [-0.3, -0.25) is 14.6 Å². The molecule has 3 aromatic rings. The zero-order valence-corrected chi connectivity index (χ0v) is 17.6. The fraction of sp³-hybridized carbons (Fsp3) is 0.200. The molecule has 2 heterocycles. The minimum Gasteiger partial charge on any atom is -0.492 e. The molecule has 2 aromatic carbocycles. The molecule has 1 fully saturated rings. The van der Waals surface area contributed by atoms with E-state index in [4.69, 9.17) is 10.00 Å². The Morgan fingerprint density at radius 2 is 1.85 bits per heavy atom. The maximum absolute atomic E-state index is 13.1. The first-order valence-corrected chi connectivity index (χ1v) is 10.3. The quantitative estimate of drug-likeness (QED) is 0.620. The number of carbonyl (C=O) groups is 2. The Kier molecular flexibility index (Phi) is 6.05. The van der Waals surface area contributed by atoms with Crippen LogP contribution in [0.2, 0.25) is 0 Å². The van der Waals surface area contributed by atoms with Crippen LogP contribution in [0.15, 0.2) is 66.9 Å². The van der Waals surface area contributed by atoms with Gasteiger partial charge in [-0.15, -0.1) is 0 Å². The summed E-state index contributed by atoms with van der Waals surface area (Å²) < 4.78 is 18.9. The van der Waals surface area contributed by atoms with Gasteiger partial charge in [0.2, 0.25) is 0 Å². The van der Waals surface area contributed by atoms with E-state index in [0.717, 1.165) is 5.56 Å². The van der Waals surface area contributed by atoms with Crippen LogP contribution in [0.25, 0.3) is 11.3 Å². The Bertz CT molecular complexity index is 1200. The number of rotatable bonds is 6. The standard InChI is InChI=1S/C25H20FN3O4/c26-20-6-2-19(3-7-20)23(30)29-12-11-25(15-29,24(31)32)16-33-21-8-4-18(5-9-21)22-10-1-17(13-27)14-28-22/h1-10,14H,11-12,15-16H2,(H,31,32). The number of nitriles is 1. The number of benzene rings is 2. The van der Waals surface area contributed by atoms with E-state index in [1.165, 1.54) is 35.4 Å². The predicted octanol–water partition coefficient (Wildman–Crippen LogP) is 3.76. The first-order valence-electron chi connectivity index (χ1n) is 10.3. The Morgan fingerprint density at radius 1 is 1.12 bits per heavy atom. The van der Waals surface area contributed by atoms with Crippen LogP contribution >= 0.6 is 0 Å². The number of hydrogen-bond acceptors (Lipinski definition) is 5. The number of carbonyl (C=O) groups excluding carboxylic acids is 1. The van der Waals surface area contributed by atoms with E-state index >= 15 is 0 Å².